The number of hydrogen-bond donors (Lipinski definition) is 1. The summed E-state index contributed by atoms with van der Waals surface area (Å²) in [7, 11) is 0. The van der Waals surface area contributed by atoms with Crippen LogP contribution < -0.4 is 5.32 Å². The summed E-state index contributed by atoms with van der Waals surface area (Å²) in [6.45, 7) is 5.24. The van der Waals surface area contributed by atoms with Crippen LogP contribution in [0.3, 0.4) is 0 Å². The van der Waals surface area contributed by atoms with E-state index in [9.17, 15) is 14.4 Å². The molecule has 106 valence electrons. The Morgan fingerprint density at radius 2 is 1.85 bits per heavy atom. The standard InChI is InChI=1S/C14H15BrN2O3/c1-14(2,3)17-12(19)10(11(18)16-13(17)20)8-5-4-6-9(15)7-8/h4-7,10H,1-3H3,(H,16,18,20). The quantitative estimate of drug-likeness (QED) is 0.799. The first-order valence-corrected chi connectivity index (χ1v) is 6.95. The van der Waals surface area contributed by atoms with Crippen LogP contribution in [-0.2, 0) is 9.59 Å². The van der Waals surface area contributed by atoms with Crippen LogP contribution in [0.5, 0.6) is 0 Å². The van der Waals surface area contributed by atoms with Crippen molar-refractivity contribution in [1.82, 2.24) is 10.2 Å². The minimum Gasteiger partial charge on any atom is -0.277 e. The topological polar surface area (TPSA) is 66.5 Å². The summed E-state index contributed by atoms with van der Waals surface area (Å²) in [5.41, 5.74) is -0.129. The molecule has 1 atom stereocenters. The molecule has 2 rings (SSSR count). The lowest BCUT2D eigenvalue weighted by atomic mass is 9.92. The number of nitrogens with one attached hydrogen (secondary N) is 1. The summed E-state index contributed by atoms with van der Waals surface area (Å²) < 4.78 is 0.773. The molecule has 4 amide bonds. The van der Waals surface area contributed by atoms with E-state index in [0.717, 1.165) is 9.37 Å². The number of amides is 4. The number of barbiturate groups is 1. The highest BCUT2D eigenvalue weighted by Crippen LogP contribution is 2.28. The second-order valence-electron chi connectivity index (χ2n) is 5.63. The predicted octanol–water partition coefficient (Wildman–Crippen LogP) is 2.41. The van der Waals surface area contributed by atoms with Crippen LogP contribution >= 0.6 is 15.9 Å². The number of urea groups is 1. The zero-order valence-corrected chi connectivity index (χ0v) is 13.0. The van der Waals surface area contributed by atoms with E-state index < -0.39 is 29.3 Å². The van der Waals surface area contributed by atoms with Gasteiger partial charge in [0, 0.05) is 10.0 Å². The summed E-state index contributed by atoms with van der Waals surface area (Å²) in [6, 6.07) is 6.29. The summed E-state index contributed by atoms with van der Waals surface area (Å²) >= 11 is 3.31. The zero-order valence-electron chi connectivity index (χ0n) is 11.4. The van der Waals surface area contributed by atoms with E-state index in [1.807, 2.05) is 0 Å². The van der Waals surface area contributed by atoms with Crippen LogP contribution in [0.1, 0.15) is 32.3 Å². The van der Waals surface area contributed by atoms with E-state index >= 15 is 0 Å². The van der Waals surface area contributed by atoms with Gasteiger partial charge in [0.2, 0.25) is 11.8 Å². The summed E-state index contributed by atoms with van der Waals surface area (Å²) in [5, 5.41) is 2.25. The van der Waals surface area contributed by atoms with Crippen LogP contribution in [0, 0.1) is 0 Å². The van der Waals surface area contributed by atoms with Crippen LogP contribution in [0.4, 0.5) is 4.79 Å². The van der Waals surface area contributed by atoms with E-state index in [1.54, 1.807) is 45.0 Å². The number of halogens is 1. The summed E-state index contributed by atoms with van der Waals surface area (Å²) in [5.74, 6) is -2.08. The summed E-state index contributed by atoms with van der Waals surface area (Å²) in [6.07, 6.45) is 0. The second-order valence-corrected chi connectivity index (χ2v) is 6.54. The molecule has 0 aromatic heterocycles. The molecule has 20 heavy (non-hydrogen) atoms. The van der Waals surface area contributed by atoms with Crippen molar-refractivity contribution in [1.29, 1.82) is 0 Å². The van der Waals surface area contributed by atoms with Gasteiger partial charge in [-0.3, -0.25) is 19.8 Å². The Kier molecular flexibility index (Phi) is 3.69. The highest BCUT2D eigenvalue weighted by molar-refractivity contribution is 9.10. The summed E-state index contributed by atoms with van der Waals surface area (Å²) in [4.78, 5) is 37.5. The fourth-order valence-electron chi connectivity index (χ4n) is 2.19. The SMILES string of the molecule is CC(C)(C)N1C(=O)NC(=O)C(c2cccc(Br)c2)C1=O. The molecule has 1 N–H and O–H groups in total. The van der Waals surface area contributed by atoms with Crippen molar-refractivity contribution in [3.05, 3.63) is 34.3 Å². The molecule has 0 saturated carbocycles. The molecule has 0 spiro atoms. The van der Waals surface area contributed by atoms with E-state index in [0.29, 0.717) is 5.56 Å². The van der Waals surface area contributed by atoms with Crippen LogP contribution in [0.25, 0.3) is 0 Å². The van der Waals surface area contributed by atoms with Crippen molar-refractivity contribution in [3.63, 3.8) is 0 Å². The smallest absolute Gasteiger partial charge is 0.277 e. The molecule has 1 aliphatic rings. The van der Waals surface area contributed by atoms with Crippen molar-refractivity contribution in [3.8, 4) is 0 Å². The first-order chi connectivity index (χ1) is 9.21. The fraction of sp³-hybridized carbons (Fsp3) is 0.357. The normalized spacial score (nSPS) is 20.1. The van der Waals surface area contributed by atoms with Gasteiger partial charge in [-0.2, -0.15) is 0 Å². The number of nitrogens with zero attached hydrogens (tertiary/aromatic N) is 1. The second kappa shape index (κ2) is 5.01. The predicted molar refractivity (Wildman–Crippen MR) is 77.0 cm³/mol. The van der Waals surface area contributed by atoms with Gasteiger partial charge in [0.05, 0.1) is 0 Å². The van der Waals surface area contributed by atoms with Crippen molar-refractivity contribution in [2.75, 3.05) is 0 Å². The number of imide groups is 2. The molecule has 1 fully saturated rings. The molecular weight excluding hydrogens is 324 g/mol. The van der Waals surface area contributed by atoms with Gasteiger partial charge in [0.15, 0.2) is 0 Å². The van der Waals surface area contributed by atoms with E-state index in [2.05, 4.69) is 21.2 Å². The third-order valence-electron chi connectivity index (χ3n) is 3.02. The van der Waals surface area contributed by atoms with Gasteiger partial charge in [0.25, 0.3) is 0 Å². The number of hydrogen-bond acceptors (Lipinski definition) is 3. The van der Waals surface area contributed by atoms with Gasteiger partial charge in [-0.25, -0.2) is 4.79 Å². The minimum atomic E-state index is -0.996. The van der Waals surface area contributed by atoms with Gasteiger partial charge < -0.3 is 0 Å². The Morgan fingerprint density at radius 3 is 2.40 bits per heavy atom. The lowest BCUT2D eigenvalue weighted by molar-refractivity contribution is -0.141. The number of carbonyl (C=O) groups excluding carboxylic acids is 3. The van der Waals surface area contributed by atoms with Crippen LogP contribution in [-0.4, -0.2) is 28.3 Å². The highest BCUT2D eigenvalue weighted by atomic mass is 79.9. The molecular formula is C14H15BrN2O3. The zero-order chi connectivity index (χ0) is 15.1. The lowest BCUT2D eigenvalue weighted by Gasteiger charge is -2.38. The number of rotatable bonds is 1. The first-order valence-electron chi connectivity index (χ1n) is 6.16. The molecule has 1 aromatic carbocycles. The van der Waals surface area contributed by atoms with Gasteiger partial charge in [-0.15, -0.1) is 0 Å². The van der Waals surface area contributed by atoms with Crippen molar-refractivity contribution in [2.45, 2.75) is 32.2 Å². The molecule has 0 aliphatic carbocycles. The van der Waals surface area contributed by atoms with Gasteiger partial charge in [-0.1, -0.05) is 28.1 Å². The Morgan fingerprint density at radius 1 is 1.20 bits per heavy atom. The van der Waals surface area contributed by atoms with E-state index in [4.69, 9.17) is 0 Å². The molecule has 0 radical (unpaired) electrons. The maximum atomic E-state index is 12.5. The van der Waals surface area contributed by atoms with E-state index in [-0.39, 0.29) is 0 Å². The first kappa shape index (κ1) is 14.7. The van der Waals surface area contributed by atoms with Crippen LogP contribution in [0.15, 0.2) is 28.7 Å². The van der Waals surface area contributed by atoms with E-state index in [1.165, 1.54) is 0 Å². The number of benzene rings is 1. The lowest BCUT2D eigenvalue weighted by Crippen LogP contribution is -2.62. The minimum absolute atomic E-state index is 0.496. The molecule has 1 aliphatic heterocycles. The molecule has 5 nitrogen and oxygen atoms in total. The molecule has 1 unspecified atom stereocenters. The van der Waals surface area contributed by atoms with Gasteiger partial charge >= 0.3 is 6.03 Å². The molecule has 1 aromatic rings. The third kappa shape index (κ3) is 2.60. The Labute approximate surface area is 125 Å². The Bertz CT molecular complexity index is 592. The highest BCUT2D eigenvalue weighted by Gasteiger charge is 2.45. The molecule has 6 heteroatoms. The Balaban J connectivity index is 2.45. The van der Waals surface area contributed by atoms with Gasteiger partial charge in [0.1, 0.15) is 5.92 Å². The Hall–Kier alpha value is -1.69. The average molecular weight is 339 g/mol. The van der Waals surface area contributed by atoms with Gasteiger partial charge in [-0.05, 0) is 38.5 Å². The fourth-order valence-corrected chi connectivity index (χ4v) is 2.61. The maximum absolute atomic E-state index is 12.5. The third-order valence-corrected chi connectivity index (χ3v) is 3.51. The van der Waals surface area contributed by atoms with Crippen molar-refractivity contribution < 1.29 is 14.4 Å². The largest absolute Gasteiger partial charge is 0.331 e. The van der Waals surface area contributed by atoms with Crippen LogP contribution in [0.2, 0.25) is 0 Å². The monoisotopic (exact) mass is 338 g/mol. The number of carbonyl (C=O) groups is 3. The molecule has 0 bridgehead atoms. The van der Waals surface area contributed by atoms with Crippen molar-refractivity contribution in [2.24, 2.45) is 0 Å². The average Bonchev–Trinajstić information content (AvgIpc) is 2.25. The van der Waals surface area contributed by atoms with Crippen molar-refractivity contribution >= 4 is 33.8 Å². The molecule has 1 saturated heterocycles. The molecule has 1 heterocycles. The maximum Gasteiger partial charge on any atom is 0.331 e.